The highest BCUT2D eigenvalue weighted by atomic mass is 32.2. The number of carbonyl (C=O) groups is 1. The molecule has 7 nitrogen and oxygen atoms in total. The van der Waals surface area contributed by atoms with Gasteiger partial charge in [0.2, 0.25) is 10.0 Å². The number of aromatic nitrogens is 1. The van der Waals surface area contributed by atoms with Crippen molar-refractivity contribution in [2.45, 2.75) is 10.8 Å². The minimum atomic E-state index is -3.55. The van der Waals surface area contributed by atoms with Crippen molar-refractivity contribution in [2.24, 2.45) is 0 Å². The van der Waals surface area contributed by atoms with E-state index in [1.165, 1.54) is 38.4 Å². The third-order valence-corrected chi connectivity index (χ3v) is 8.00. The largest absolute Gasteiger partial charge is 0.378 e. The number of benzene rings is 3. The Bertz CT molecular complexity index is 1420. The summed E-state index contributed by atoms with van der Waals surface area (Å²) in [5.41, 5.74) is 4.74. The first-order valence-corrected chi connectivity index (χ1v) is 12.8. The second-order valence-electron chi connectivity index (χ2n) is 8.85. The molecule has 0 aliphatic carbocycles. The molecular weight excluding hydrogens is 460 g/mol. The van der Waals surface area contributed by atoms with Crippen LogP contribution < -0.4 is 10.2 Å². The molecule has 0 saturated heterocycles. The number of H-pyrrole nitrogens is 1. The van der Waals surface area contributed by atoms with E-state index in [9.17, 15) is 13.2 Å². The van der Waals surface area contributed by atoms with Gasteiger partial charge in [0, 0.05) is 69.0 Å². The predicted molar refractivity (Wildman–Crippen MR) is 141 cm³/mol. The molecule has 1 amide bonds. The van der Waals surface area contributed by atoms with Crippen molar-refractivity contribution in [1.82, 2.24) is 14.6 Å². The zero-order chi connectivity index (χ0) is 25.2. The van der Waals surface area contributed by atoms with E-state index >= 15 is 0 Å². The lowest BCUT2D eigenvalue weighted by Gasteiger charge is -2.20. The highest BCUT2D eigenvalue weighted by Gasteiger charge is 2.21. The normalized spacial score (nSPS) is 12.6. The molecular formula is C27H30N4O3S. The monoisotopic (exact) mass is 490 g/mol. The first kappa shape index (κ1) is 24.5. The molecule has 0 aliphatic heterocycles. The summed E-state index contributed by atoms with van der Waals surface area (Å²) in [6.45, 7) is 0.389. The number of carbonyl (C=O) groups excluding carboxylic acids is 1. The van der Waals surface area contributed by atoms with Crippen LogP contribution in [0.25, 0.3) is 10.9 Å². The molecule has 4 aromatic rings. The first-order chi connectivity index (χ1) is 16.7. The van der Waals surface area contributed by atoms with Crippen LogP contribution in [0.2, 0.25) is 0 Å². The molecule has 8 heteroatoms. The fourth-order valence-electron chi connectivity index (χ4n) is 4.08. The van der Waals surface area contributed by atoms with Crippen LogP contribution in [0.4, 0.5) is 5.69 Å². The lowest BCUT2D eigenvalue weighted by atomic mass is 9.90. The maximum absolute atomic E-state index is 13.0. The van der Waals surface area contributed by atoms with Crippen LogP contribution in [0.5, 0.6) is 0 Å². The van der Waals surface area contributed by atoms with Gasteiger partial charge >= 0.3 is 0 Å². The number of nitrogens with one attached hydrogen (secondary N) is 2. The minimum absolute atomic E-state index is 0.0697. The van der Waals surface area contributed by atoms with Gasteiger partial charge in [0.05, 0.1) is 4.90 Å². The lowest BCUT2D eigenvalue weighted by Crippen LogP contribution is -2.29. The third kappa shape index (κ3) is 5.08. The molecule has 0 bridgehead atoms. The topological polar surface area (TPSA) is 85.5 Å². The summed E-state index contributed by atoms with van der Waals surface area (Å²) in [6, 6.07) is 22.4. The van der Waals surface area contributed by atoms with Crippen LogP contribution in [0.1, 0.15) is 27.4 Å². The van der Waals surface area contributed by atoms with Crippen LogP contribution in [-0.2, 0) is 10.0 Å². The average molecular weight is 491 g/mol. The van der Waals surface area contributed by atoms with E-state index in [4.69, 9.17) is 0 Å². The number of rotatable bonds is 8. The van der Waals surface area contributed by atoms with Gasteiger partial charge in [0.25, 0.3) is 5.91 Å². The number of aromatic amines is 1. The first-order valence-electron chi connectivity index (χ1n) is 11.3. The molecule has 1 aromatic heterocycles. The fourth-order valence-corrected chi connectivity index (χ4v) is 4.98. The van der Waals surface area contributed by atoms with Crippen LogP contribution in [-0.4, -0.2) is 58.3 Å². The Morgan fingerprint density at radius 2 is 1.57 bits per heavy atom. The number of nitrogens with zero attached hydrogens (tertiary/aromatic N) is 2. The molecule has 0 fully saturated rings. The lowest BCUT2D eigenvalue weighted by molar-refractivity contribution is 0.0952. The Morgan fingerprint density at radius 3 is 2.20 bits per heavy atom. The summed E-state index contributed by atoms with van der Waals surface area (Å²) in [7, 11) is 3.41. The van der Waals surface area contributed by atoms with Crippen molar-refractivity contribution in [3.8, 4) is 0 Å². The Labute approximate surface area is 206 Å². The van der Waals surface area contributed by atoms with Crippen molar-refractivity contribution < 1.29 is 13.2 Å². The standard InChI is InChI=1S/C27H30N4O3S/c1-30(2)21-13-9-19(10-14-21)24(25-18-28-26-8-6-5-7-23(25)26)17-29-27(32)20-11-15-22(16-12-20)35(33,34)31(3)4/h5-16,18,24,28H,17H2,1-4H3,(H,29,32)/t24-/m0/s1. The van der Waals surface area contributed by atoms with Gasteiger partial charge in [-0.1, -0.05) is 30.3 Å². The molecule has 0 saturated carbocycles. The maximum atomic E-state index is 13.0. The molecule has 3 aromatic carbocycles. The zero-order valence-corrected chi connectivity index (χ0v) is 21.1. The summed E-state index contributed by atoms with van der Waals surface area (Å²) < 4.78 is 25.8. The summed E-state index contributed by atoms with van der Waals surface area (Å²) in [6.07, 6.45) is 2.00. The molecule has 0 spiro atoms. The highest BCUT2D eigenvalue weighted by molar-refractivity contribution is 7.89. The summed E-state index contributed by atoms with van der Waals surface area (Å²) in [4.78, 5) is 18.5. The molecule has 1 atom stereocenters. The van der Waals surface area contributed by atoms with Gasteiger partial charge in [-0.15, -0.1) is 0 Å². The van der Waals surface area contributed by atoms with Gasteiger partial charge in [0.1, 0.15) is 0 Å². The van der Waals surface area contributed by atoms with E-state index in [-0.39, 0.29) is 16.7 Å². The maximum Gasteiger partial charge on any atom is 0.251 e. The Kier molecular flexibility index (Phi) is 6.95. The number of anilines is 1. The summed E-state index contributed by atoms with van der Waals surface area (Å²) >= 11 is 0. The highest BCUT2D eigenvalue weighted by Crippen LogP contribution is 2.31. The second kappa shape index (κ2) is 9.93. The van der Waals surface area contributed by atoms with Gasteiger partial charge in [-0.3, -0.25) is 4.79 Å². The molecule has 35 heavy (non-hydrogen) atoms. The van der Waals surface area contributed by atoms with Crippen LogP contribution in [0.3, 0.4) is 0 Å². The Balaban J connectivity index is 1.60. The van der Waals surface area contributed by atoms with Crippen molar-refractivity contribution in [3.63, 3.8) is 0 Å². The SMILES string of the molecule is CN(C)c1ccc([C@H](CNC(=O)c2ccc(S(=O)(=O)N(C)C)cc2)c2c[nH]c3ccccc23)cc1. The van der Waals surface area contributed by atoms with Gasteiger partial charge in [-0.25, -0.2) is 12.7 Å². The summed E-state index contributed by atoms with van der Waals surface area (Å²) in [5, 5.41) is 4.16. The number of fused-ring (bicyclic) bond motifs is 1. The quantitative estimate of drug-likeness (QED) is 0.390. The van der Waals surface area contributed by atoms with E-state index in [1.54, 1.807) is 0 Å². The van der Waals surface area contributed by atoms with Gasteiger partial charge in [-0.2, -0.15) is 0 Å². The van der Waals surface area contributed by atoms with Crippen LogP contribution in [0.15, 0.2) is 83.9 Å². The predicted octanol–water partition coefficient (Wildman–Crippen LogP) is 4.05. The Hall–Kier alpha value is -3.62. The molecule has 2 N–H and O–H groups in total. The smallest absolute Gasteiger partial charge is 0.251 e. The number of amides is 1. The van der Waals surface area contributed by atoms with Crippen molar-refractivity contribution in [1.29, 1.82) is 0 Å². The number of hydrogen-bond acceptors (Lipinski definition) is 4. The van der Waals surface area contributed by atoms with Gasteiger partial charge < -0.3 is 15.2 Å². The van der Waals surface area contributed by atoms with Crippen molar-refractivity contribution >= 4 is 32.5 Å². The number of sulfonamides is 1. The molecule has 0 radical (unpaired) electrons. The van der Waals surface area contributed by atoms with Crippen molar-refractivity contribution in [2.75, 3.05) is 39.6 Å². The summed E-state index contributed by atoms with van der Waals surface area (Å²) in [5.74, 6) is -0.326. The fraction of sp³-hybridized carbons (Fsp3) is 0.222. The van der Waals surface area contributed by atoms with Crippen LogP contribution >= 0.6 is 0 Å². The molecule has 0 aliphatic rings. The van der Waals surface area contributed by atoms with Crippen LogP contribution in [0, 0.1) is 0 Å². The molecule has 1 heterocycles. The van der Waals surface area contributed by atoms with E-state index in [1.807, 2.05) is 43.4 Å². The van der Waals surface area contributed by atoms with E-state index in [0.29, 0.717) is 12.1 Å². The Morgan fingerprint density at radius 1 is 0.914 bits per heavy atom. The average Bonchev–Trinajstić information content (AvgIpc) is 3.28. The van der Waals surface area contributed by atoms with E-state index < -0.39 is 10.0 Å². The third-order valence-electron chi connectivity index (χ3n) is 6.17. The molecule has 0 unspecified atom stereocenters. The minimum Gasteiger partial charge on any atom is -0.378 e. The molecule has 182 valence electrons. The second-order valence-corrected chi connectivity index (χ2v) is 11.0. The van der Waals surface area contributed by atoms with Crippen molar-refractivity contribution in [3.05, 3.63) is 95.7 Å². The van der Waals surface area contributed by atoms with E-state index in [2.05, 4.69) is 40.6 Å². The number of hydrogen-bond donors (Lipinski definition) is 2. The molecule has 4 rings (SSSR count). The number of para-hydroxylation sites is 1. The van der Waals surface area contributed by atoms with Gasteiger partial charge in [-0.05, 0) is 53.6 Å². The zero-order valence-electron chi connectivity index (χ0n) is 20.3. The van der Waals surface area contributed by atoms with E-state index in [0.717, 1.165) is 32.0 Å². The van der Waals surface area contributed by atoms with Gasteiger partial charge in [0.15, 0.2) is 0 Å².